The molecule has 23 heteroatoms. The Balaban J connectivity index is 0.000000275. The van der Waals surface area contributed by atoms with Crippen molar-refractivity contribution >= 4 is 44.8 Å². The molecule has 10 heterocycles. The molecule has 10 aliphatic rings. The quantitative estimate of drug-likeness (QED) is 0.0364. The molecule has 0 bridgehead atoms. The number of rotatable bonds is 42. The van der Waals surface area contributed by atoms with Crippen molar-refractivity contribution in [2.75, 3.05) is 14.2 Å². The molecule has 11 rings (SSSR count). The zero-order chi connectivity index (χ0) is 96.1. The van der Waals surface area contributed by atoms with E-state index >= 15 is 8.42 Å². The molecular formula is C108H178O20SSi2. The molecule has 0 spiro atoms. The van der Waals surface area contributed by atoms with Gasteiger partial charge in [-0.15, -0.1) is 0 Å². The number of allylic oxidation sites excluding steroid dienone is 2. The molecule has 1 aromatic rings. The molecule has 12 unspecified atom stereocenters. The van der Waals surface area contributed by atoms with Gasteiger partial charge in [0, 0.05) is 71.0 Å². The van der Waals surface area contributed by atoms with Crippen LogP contribution in [0.2, 0.25) is 36.3 Å². The Bertz CT molecular complexity index is 3980. The zero-order valence-electron chi connectivity index (χ0n) is 85.3. The van der Waals surface area contributed by atoms with Crippen molar-refractivity contribution < 1.29 is 93.6 Å². The lowest BCUT2D eigenvalue weighted by molar-refractivity contribution is -0.240. The van der Waals surface area contributed by atoms with Crippen LogP contribution in [0.25, 0.3) is 0 Å². The molecule has 20 nitrogen and oxygen atoms in total. The van der Waals surface area contributed by atoms with Crippen molar-refractivity contribution in [3.63, 3.8) is 0 Å². The van der Waals surface area contributed by atoms with E-state index in [1.807, 2.05) is 13.0 Å². The highest BCUT2D eigenvalue weighted by molar-refractivity contribution is 7.92. The summed E-state index contributed by atoms with van der Waals surface area (Å²) in [5.74, 6) is 1.35. The average molecular weight is 1880 g/mol. The Labute approximate surface area is 794 Å². The van der Waals surface area contributed by atoms with Crippen LogP contribution in [0.15, 0.2) is 108 Å². The molecule has 744 valence electrons. The number of hydrogen-bond acceptors (Lipinski definition) is 20. The third-order valence-corrected chi connectivity index (χ3v) is 44.7. The van der Waals surface area contributed by atoms with Crippen molar-refractivity contribution in [3.8, 4) is 0 Å². The largest absolute Gasteiger partial charge is 0.408 e. The molecule has 0 amide bonds. The van der Waals surface area contributed by atoms with Gasteiger partial charge in [-0.05, 0) is 235 Å². The lowest BCUT2D eigenvalue weighted by atomic mass is 9.77. The first kappa shape index (κ1) is 109. The second kappa shape index (κ2) is 48.6. The normalized spacial score (nSPS) is 37.3. The maximum Gasteiger partial charge on any atom is 0.193 e. The molecular weight excluding hydrogens is 1710 g/mol. The Morgan fingerprint density at radius 3 is 1.38 bits per heavy atom. The zero-order valence-corrected chi connectivity index (χ0v) is 88.1. The highest BCUT2D eigenvalue weighted by Gasteiger charge is 2.59. The van der Waals surface area contributed by atoms with Gasteiger partial charge >= 0.3 is 0 Å². The van der Waals surface area contributed by atoms with E-state index in [1.165, 1.54) is 0 Å². The topological polar surface area (TPSA) is 235 Å². The summed E-state index contributed by atoms with van der Waals surface area (Å²) in [6.45, 7) is 66.9. The number of aliphatic hydroxyl groups is 1. The fraction of sp³-hybridized carbons (Fsp3) is 0.806. The summed E-state index contributed by atoms with van der Waals surface area (Å²) in [4.78, 5) is 36.4. The van der Waals surface area contributed by atoms with Gasteiger partial charge in [-0.1, -0.05) is 192 Å². The summed E-state index contributed by atoms with van der Waals surface area (Å²) in [5, 5.41) is 11.7. The number of aldehydes is 2. The van der Waals surface area contributed by atoms with Gasteiger partial charge in [0.1, 0.15) is 18.4 Å². The number of carbonyl (C=O) groups is 3. The minimum Gasteiger partial charge on any atom is -0.408 e. The van der Waals surface area contributed by atoms with Crippen molar-refractivity contribution in [2.45, 2.75) is 484 Å². The Morgan fingerprint density at radius 2 is 0.947 bits per heavy atom. The second-order valence-corrected chi connectivity index (χ2v) is 56.6. The Morgan fingerprint density at radius 1 is 0.519 bits per heavy atom. The Kier molecular flexibility index (Phi) is 40.6. The highest BCUT2D eigenvalue weighted by Crippen LogP contribution is 2.51. The van der Waals surface area contributed by atoms with Crippen LogP contribution in [0.1, 0.15) is 285 Å². The van der Waals surface area contributed by atoms with Crippen molar-refractivity contribution in [1.29, 1.82) is 0 Å². The summed E-state index contributed by atoms with van der Waals surface area (Å²) in [7, 11) is -4.93. The number of Topliss-reactive ketones (excluding diaryl/α,β-unsaturated/α-hetero) is 1. The van der Waals surface area contributed by atoms with Crippen LogP contribution in [0.4, 0.5) is 0 Å². The van der Waals surface area contributed by atoms with Gasteiger partial charge in [0.15, 0.2) is 26.5 Å². The van der Waals surface area contributed by atoms with Crippen molar-refractivity contribution in [2.24, 2.45) is 59.2 Å². The first-order valence-corrected chi connectivity index (χ1v) is 58.5. The van der Waals surface area contributed by atoms with Crippen LogP contribution < -0.4 is 0 Å². The maximum absolute atomic E-state index is 15.4. The summed E-state index contributed by atoms with van der Waals surface area (Å²) < 4.78 is 126. The van der Waals surface area contributed by atoms with Crippen LogP contribution >= 0.6 is 0 Å². The number of sulfone groups is 1. The number of ketones is 1. The molecule has 0 aromatic heterocycles. The standard InChI is InChI=1S/C57H92O11SSi.C51H86O9Si/c1-15-21-48(68-70(13,14)57(9,10)11)54-40(8)39(7)53-47(67-54)28-26-43(65-53)33-45(59)56(69(60,61)44-23-18-17-19-24-44)52-50(66-51(55(52)62-12)30-35(3)16-2)34-49-38(6)36(4)31-42(64-49)25-27-46-37(5)32-41(63-46)22-20-29-58;1-15-18-44(60-61(13,14)51(9,10)11)49-36(8)35(7)48-43(59-49)23-21-40(57-48)28-37(53)29-41-46(58-47(50(41)54-12)25-31(3)16-2)30-45-34(6)32(4)26-39(56-45)20-22-42-33(5)27-38(55-42)19-17-24-52/h15,17-19,21,23-24,29,35-36,39-43,45-56,59H,5-6,16,20,22,25-28,30-34H2,1-4,7-14H3;15,18,24,31-32,35-36,38-50H,5-6,16-17,19-23,25-30H2,1-4,7-14H3/b21-15+;18-15+/t35-,36-,39-,40+,41+,42+,43?,45?,46?,47?,48+,49?,50+,51-,52+,53?,54-,55+,56?;31-,32-,35-,36+,38+,39+,40?,41+,42?,43?,44+,45?,46+,47-,48?,49-,50-/m11/s1. The second-order valence-electron chi connectivity index (χ2n) is 44.9. The number of ether oxygens (including phenoxy) is 12. The minimum absolute atomic E-state index is 0.00669. The molecule has 0 aliphatic carbocycles. The van der Waals surface area contributed by atoms with Crippen molar-refractivity contribution in [1.82, 2.24) is 0 Å². The number of methoxy groups -OCH3 is 2. The molecule has 0 saturated carbocycles. The third-order valence-electron chi connectivity index (χ3n) is 33.5. The van der Waals surface area contributed by atoms with Gasteiger partial charge in [0.05, 0.1) is 163 Å². The van der Waals surface area contributed by atoms with E-state index in [0.717, 1.165) is 131 Å². The summed E-state index contributed by atoms with van der Waals surface area (Å²) in [6.07, 6.45) is 22.5. The van der Waals surface area contributed by atoms with E-state index in [4.69, 9.17) is 65.7 Å². The predicted molar refractivity (Wildman–Crippen MR) is 526 cm³/mol. The number of hydrogen-bond donors (Lipinski definition) is 1. The molecule has 1 aromatic carbocycles. The number of aliphatic hydroxyl groups excluding tert-OH is 1. The monoisotopic (exact) mass is 1880 g/mol. The summed E-state index contributed by atoms with van der Waals surface area (Å²) >= 11 is 0. The lowest BCUT2D eigenvalue weighted by Crippen LogP contribution is -2.59. The summed E-state index contributed by atoms with van der Waals surface area (Å²) in [5.41, 5.74) is 4.25. The average Bonchev–Trinajstić information content (AvgIpc) is 1.70. The van der Waals surface area contributed by atoms with Gasteiger partial charge in [-0.2, -0.15) is 0 Å². The van der Waals surface area contributed by atoms with E-state index in [9.17, 15) is 19.5 Å². The van der Waals surface area contributed by atoms with E-state index in [2.05, 4.69) is 195 Å². The number of fused-ring (bicyclic) bond motifs is 2. The molecule has 10 fully saturated rings. The van der Waals surface area contributed by atoms with E-state index in [1.54, 1.807) is 38.5 Å². The molecule has 1 N–H and O–H groups in total. The SMILES string of the molecule is C=C1C[C@H](CCC=O)OC1CC[C@H]1C[C@@H](C)C(=C)C(C[C@@H]2O[C@H](C[C@H](C)CC)[C@H](OC)[C@H]2C(C(O)CC2CCC3O[C@@H]([C@H](/C=C/C)O[Si](C)(C)C(C)(C)C)[C@@H](C)[C@@H](C)C3O2)S(=O)(=O)c2ccccc2)O1.C=C1C[C@H](CCC=O)OC1CC[C@H]1C[C@@H](C)C(=C)C(C[C@@H]2O[C@H](C[C@H](C)CC)[C@H](OC)[C@H]2CC(=O)CC2CCC3O[C@@H]([C@H](/C=C/C)O[Si](C)(C)C(C)(C)C)[C@@H](C)[C@@H](C)C3O2)O1. The molecule has 10 aliphatic heterocycles. The molecule has 131 heavy (non-hydrogen) atoms. The first-order chi connectivity index (χ1) is 61.8. The van der Waals surface area contributed by atoms with Gasteiger partial charge in [0.25, 0.3) is 0 Å². The third kappa shape index (κ3) is 27.6. The van der Waals surface area contributed by atoms with Crippen LogP contribution in [0.3, 0.4) is 0 Å². The lowest BCUT2D eigenvalue weighted by Gasteiger charge is -2.51. The van der Waals surface area contributed by atoms with Gasteiger partial charge in [0.2, 0.25) is 0 Å². The fourth-order valence-electron chi connectivity index (χ4n) is 22.5. The maximum atomic E-state index is 15.4. The van der Waals surface area contributed by atoms with Crippen LogP contribution in [-0.4, -0.2) is 221 Å². The van der Waals surface area contributed by atoms with Crippen LogP contribution in [0, 0.1) is 59.2 Å². The first-order valence-electron chi connectivity index (χ1n) is 51.1. The minimum atomic E-state index is -4.18. The van der Waals surface area contributed by atoms with Gasteiger partial charge in [-0.3, -0.25) is 4.79 Å². The van der Waals surface area contributed by atoms with Crippen LogP contribution in [0.5, 0.6) is 0 Å². The number of carbonyl (C=O) groups excluding carboxylic acids is 3. The Hall–Kier alpha value is -3.55. The predicted octanol–water partition coefficient (Wildman–Crippen LogP) is 22.1. The van der Waals surface area contributed by atoms with Crippen molar-refractivity contribution in [3.05, 3.63) is 103 Å². The highest BCUT2D eigenvalue weighted by atomic mass is 32.2. The van der Waals surface area contributed by atoms with E-state index in [-0.39, 0.29) is 179 Å². The molecule has 0 radical (unpaired) electrons. The van der Waals surface area contributed by atoms with Gasteiger partial charge < -0.3 is 80.4 Å². The molecule has 36 atom stereocenters. The fourth-order valence-corrected chi connectivity index (χ4v) is 27.1. The number of benzene rings is 1. The van der Waals surface area contributed by atoms with Gasteiger partial charge in [-0.25, -0.2) is 8.42 Å². The smallest absolute Gasteiger partial charge is 0.193 e. The van der Waals surface area contributed by atoms with Crippen LogP contribution in [-0.2, 0) is 89.9 Å². The molecule has 10 saturated heterocycles. The van der Waals surface area contributed by atoms with E-state index in [0.29, 0.717) is 75.5 Å². The van der Waals surface area contributed by atoms with E-state index < -0.39 is 74.3 Å². The summed E-state index contributed by atoms with van der Waals surface area (Å²) in [6, 6.07) is 8.53.